The van der Waals surface area contributed by atoms with Crippen molar-refractivity contribution >= 4 is 16.8 Å². The number of hydrogen-bond donors (Lipinski definition) is 1. The Kier molecular flexibility index (Phi) is 3.30. The van der Waals surface area contributed by atoms with Crippen molar-refractivity contribution in [1.29, 1.82) is 0 Å². The quantitative estimate of drug-likeness (QED) is 0.901. The van der Waals surface area contributed by atoms with E-state index in [4.69, 9.17) is 4.42 Å². The largest absolute Gasteiger partial charge is 0.441 e. The molecule has 0 spiro atoms. The average molecular weight is 247 g/mol. The number of hydrogen-bond acceptors (Lipinski definition) is 4. The summed E-state index contributed by atoms with van der Waals surface area (Å²) in [7, 11) is 4.07. The van der Waals surface area contributed by atoms with E-state index in [2.05, 4.69) is 48.2 Å². The highest BCUT2D eigenvalue weighted by molar-refractivity contribution is 5.77. The molecule has 0 aliphatic heterocycles. The maximum absolute atomic E-state index is 5.49. The third-order valence-electron chi connectivity index (χ3n) is 3.38. The Morgan fingerprint density at radius 1 is 1.39 bits per heavy atom. The van der Waals surface area contributed by atoms with Crippen LogP contribution in [0.4, 0.5) is 5.69 Å². The summed E-state index contributed by atoms with van der Waals surface area (Å²) in [5.41, 5.74) is 2.95. The Balaban J connectivity index is 2.35. The Bertz CT molecular complexity index is 545. The van der Waals surface area contributed by atoms with Gasteiger partial charge in [-0.1, -0.05) is 0 Å². The minimum Gasteiger partial charge on any atom is -0.441 e. The predicted molar refractivity (Wildman–Crippen MR) is 75.2 cm³/mol. The molecule has 0 radical (unpaired) electrons. The van der Waals surface area contributed by atoms with E-state index < -0.39 is 0 Å². The van der Waals surface area contributed by atoms with Crippen LogP contribution in [0, 0.1) is 6.92 Å². The molecule has 0 saturated heterocycles. The Morgan fingerprint density at radius 2 is 2.11 bits per heavy atom. The van der Waals surface area contributed by atoms with E-state index in [9.17, 15) is 0 Å². The van der Waals surface area contributed by atoms with Gasteiger partial charge < -0.3 is 14.6 Å². The van der Waals surface area contributed by atoms with Gasteiger partial charge in [0, 0.05) is 31.7 Å². The van der Waals surface area contributed by atoms with E-state index in [1.807, 2.05) is 20.0 Å². The molecule has 98 valence electrons. The van der Waals surface area contributed by atoms with Crippen molar-refractivity contribution in [2.75, 3.05) is 25.5 Å². The Hall–Kier alpha value is -1.55. The van der Waals surface area contributed by atoms with E-state index in [1.54, 1.807) is 0 Å². The molecular weight excluding hydrogens is 226 g/mol. The van der Waals surface area contributed by atoms with Crippen LogP contribution in [0.15, 0.2) is 22.6 Å². The smallest absolute Gasteiger partial charge is 0.192 e. The van der Waals surface area contributed by atoms with Crippen molar-refractivity contribution in [3.63, 3.8) is 0 Å². The van der Waals surface area contributed by atoms with E-state index in [-0.39, 0.29) is 5.54 Å². The first-order valence-electron chi connectivity index (χ1n) is 6.20. The first-order chi connectivity index (χ1) is 8.44. The van der Waals surface area contributed by atoms with Gasteiger partial charge in [0.15, 0.2) is 11.5 Å². The number of fused-ring (bicyclic) bond motifs is 1. The summed E-state index contributed by atoms with van der Waals surface area (Å²) in [4.78, 5) is 6.63. The molecular formula is C14H21N3O. The zero-order chi connectivity index (χ0) is 13.3. The number of likely N-dealkylation sites (N-methyl/N-ethyl adjacent to an activating group) is 2. The van der Waals surface area contributed by atoms with E-state index >= 15 is 0 Å². The second kappa shape index (κ2) is 4.61. The number of oxazole rings is 1. The molecule has 1 N–H and O–H groups in total. The molecule has 0 atom stereocenters. The van der Waals surface area contributed by atoms with Crippen LogP contribution < -0.4 is 10.2 Å². The fraction of sp³-hybridized carbons (Fsp3) is 0.500. The lowest BCUT2D eigenvalue weighted by Crippen LogP contribution is -2.48. The summed E-state index contributed by atoms with van der Waals surface area (Å²) in [5, 5.41) is 3.22. The number of benzene rings is 1. The fourth-order valence-electron chi connectivity index (χ4n) is 2.14. The van der Waals surface area contributed by atoms with Crippen LogP contribution in [-0.2, 0) is 0 Å². The molecule has 0 fully saturated rings. The number of anilines is 1. The van der Waals surface area contributed by atoms with Crippen molar-refractivity contribution in [2.24, 2.45) is 0 Å². The van der Waals surface area contributed by atoms with Crippen molar-refractivity contribution in [3.8, 4) is 0 Å². The lowest BCUT2D eigenvalue weighted by atomic mass is 10.0. The molecule has 18 heavy (non-hydrogen) atoms. The second-order valence-electron chi connectivity index (χ2n) is 5.29. The SMILES string of the molecule is CNCC(C)(C)N(C)c1ccc2oc(C)nc2c1. The highest BCUT2D eigenvalue weighted by atomic mass is 16.3. The summed E-state index contributed by atoms with van der Waals surface area (Å²) < 4.78 is 5.49. The zero-order valence-electron chi connectivity index (χ0n) is 11.7. The van der Waals surface area contributed by atoms with Crippen LogP contribution in [0.25, 0.3) is 11.1 Å². The molecule has 1 aromatic carbocycles. The van der Waals surface area contributed by atoms with Gasteiger partial charge in [-0.2, -0.15) is 0 Å². The van der Waals surface area contributed by atoms with Crippen LogP contribution in [0.1, 0.15) is 19.7 Å². The molecule has 2 aromatic rings. The summed E-state index contributed by atoms with van der Waals surface area (Å²) in [5.74, 6) is 0.708. The number of aromatic nitrogens is 1. The molecule has 4 heteroatoms. The van der Waals surface area contributed by atoms with Gasteiger partial charge in [0.25, 0.3) is 0 Å². The van der Waals surface area contributed by atoms with Gasteiger partial charge in [0.05, 0.1) is 0 Å². The minimum atomic E-state index is 0.0429. The Labute approximate surface area is 108 Å². The zero-order valence-corrected chi connectivity index (χ0v) is 11.7. The van der Waals surface area contributed by atoms with Crippen molar-refractivity contribution in [2.45, 2.75) is 26.3 Å². The number of rotatable bonds is 4. The number of nitrogens with zero attached hydrogens (tertiary/aromatic N) is 2. The normalized spacial score (nSPS) is 12.1. The first-order valence-corrected chi connectivity index (χ1v) is 6.20. The lowest BCUT2D eigenvalue weighted by Gasteiger charge is -2.37. The van der Waals surface area contributed by atoms with Crippen LogP contribution >= 0.6 is 0 Å². The maximum Gasteiger partial charge on any atom is 0.192 e. The highest BCUT2D eigenvalue weighted by Gasteiger charge is 2.23. The Morgan fingerprint density at radius 3 is 2.78 bits per heavy atom. The van der Waals surface area contributed by atoms with Crippen LogP contribution in [0.2, 0.25) is 0 Å². The van der Waals surface area contributed by atoms with Crippen LogP contribution in [-0.4, -0.2) is 31.2 Å². The molecule has 2 rings (SSSR count). The third-order valence-corrected chi connectivity index (χ3v) is 3.38. The highest BCUT2D eigenvalue weighted by Crippen LogP contribution is 2.26. The van der Waals surface area contributed by atoms with Crippen molar-refractivity contribution in [3.05, 3.63) is 24.1 Å². The predicted octanol–water partition coefficient (Wildman–Crippen LogP) is 2.57. The number of nitrogens with one attached hydrogen (secondary N) is 1. The molecule has 0 unspecified atom stereocenters. The monoisotopic (exact) mass is 247 g/mol. The standard InChI is InChI=1S/C14H21N3O/c1-10-16-12-8-11(6-7-13(12)18-10)17(5)14(2,3)9-15-4/h6-8,15H,9H2,1-5H3. The topological polar surface area (TPSA) is 41.3 Å². The van der Waals surface area contributed by atoms with Crippen LogP contribution in [0.5, 0.6) is 0 Å². The average Bonchev–Trinajstić information content (AvgIpc) is 2.66. The first kappa shape index (κ1) is 12.9. The molecule has 0 aliphatic rings. The van der Waals surface area contributed by atoms with Gasteiger partial charge in [-0.25, -0.2) is 4.98 Å². The summed E-state index contributed by atoms with van der Waals surface area (Å²) in [6.45, 7) is 7.21. The molecule has 0 saturated carbocycles. The maximum atomic E-state index is 5.49. The van der Waals surface area contributed by atoms with Gasteiger partial charge in [-0.15, -0.1) is 0 Å². The molecule has 0 amide bonds. The van der Waals surface area contributed by atoms with Gasteiger partial charge in [0.2, 0.25) is 0 Å². The van der Waals surface area contributed by atoms with E-state index in [1.165, 1.54) is 0 Å². The fourth-order valence-corrected chi connectivity index (χ4v) is 2.14. The van der Waals surface area contributed by atoms with Crippen LogP contribution in [0.3, 0.4) is 0 Å². The van der Waals surface area contributed by atoms with Gasteiger partial charge in [0.1, 0.15) is 5.52 Å². The summed E-state index contributed by atoms with van der Waals surface area (Å²) in [6, 6.07) is 6.13. The van der Waals surface area contributed by atoms with Gasteiger partial charge in [-0.05, 0) is 39.1 Å². The van der Waals surface area contributed by atoms with Crippen molar-refractivity contribution in [1.82, 2.24) is 10.3 Å². The van der Waals surface area contributed by atoms with Gasteiger partial charge in [-0.3, -0.25) is 0 Å². The van der Waals surface area contributed by atoms with Gasteiger partial charge >= 0.3 is 0 Å². The number of aryl methyl sites for hydroxylation is 1. The summed E-state index contributed by atoms with van der Waals surface area (Å²) >= 11 is 0. The van der Waals surface area contributed by atoms with Crippen molar-refractivity contribution < 1.29 is 4.42 Å². The van der Waals surface area contributed by atoms with E-state index in [0.717, 1.165) is 23.3 Å². The lowest BCUT2D eigenvalue weighted by molar-refractivity contribution is 0.463. The molecule has 1 aromatic heterocycles. The molecule has 4 nitrogen and oxygen atoms in total. The minimum absolute atomic E-state index is 0.0429. The second-order valence-corrected chi connectivity index (χ2v) is 5.29. The third kappa shape index (κ3) is 2.34. The van der Waals surface area contributed by atoms with E-state index in [0.29, 0.717) is 5.89 Å². The molecule has 1 heterocycles. The summed E-state index contributed by atoms with van der Waals surface area (Å²) in [6.07, 6.45) is 0. The molecule has 0 aliphatic carbocycles. The molecule has 0 bridgehead atoms.